The maximum absolute atomic E-state index is 10.1. The Kier molecular flexibility index (Phi) is 6.36. The lowest BCUT2D eigenvalue weighted by Crippen LogP contribution is -2.53. The number of nitrogens with zero attached hydrogens (tertiary/aromatic N) is 1. The molecule has 0 aromatic heterocycles. The first-order valence-electron chi connectivity index (χ1n) is 5.44. The van der Waals surface area contributed by atoms with Crippen LogP contribution < -0.4 is 0 Å². The van der Waals surface area contributed by atoms with Gasteiger partial charge >= 0.3 is 0 Å². The van der Waals surface area contributed by atoms with E-state index in [1.807, 2.05) is 0 Å². The number of ether oxygens (including phenoxy) is 1. The van der Waals surface area contributed by atoms with Gasteiger partial charge in [0.25, 0.3) is 0 Å². The van der Waals surface area contributed by atoms with Crippen molar-refractivity contribution in [1.29, 1.82) is 0 Å². The molecule has 4 heteroatoms. The van der Waals surface area contributed by atoms with Crippen molar-refractivity contribution in [3.8, 4) is 0 Å². The van der Waals surface area contributed by atoms with Crippen molar-refractivity contribution in [3.63, 3.8) is 0 Å². The molecule has 0 fully saturated rings. The summed E-state index contributed by atoms with van der Waals surface area (Å²) in [5.74, 6) is 0. The van der Waals surface area contributed by atoms with Crippen molar-refractivity contribution >= 4 is 0 Å². The Morgan fingerprint density at radius 1 is 1.20 bits per heavy atom. The van der Waals surface area contributed by atoms with Gasteiger partial charge in [-0.15, -0.1) is 0 Å². The average Bonchev–Trinajstić information content (AvgIpc) is 2.14. The normalized spacial score (nSPS) is 16.4. The lowest BCUT2D eigenvalue weighted by atomic mass is 10.0. The molecule has 2 N–H and O–H groups in total. The molecule has 0 amide bonds. The molecule has 0 rings (SSSR count). The molecule has 0 spiro atoms. The number of hydrogen-bond donors (Lipinski definition) is 2. The molecular formula is C11H25NO3. The standard InChI is InChI=1S/C11H25NO3/c1-9(2)12(10(3)4)6-11(14,7-13)8-15-5/h9-10,13-14H,6-8H2,1-5H3. The van der Waals surface area contributed by atoms with Gasteiger partial charge in [-0.2, -0.15) is 0 Å². The molecule has 92 valence electrons. The number of aliphatic hydroxyl groups is 2. The summed E-state index contributed by atoms with van der Waals surface area (Å²) in [6.45, 7) is 8.59. The third-order valence-electron chi connectivity index (χ3n) is 2.51. The molecule has 0 heterocycles. The van der Waals surface area contributed by atoms with Crippen molar-refractivity contribution < 1.29 is 14.9 Å². The van der Waals surface area contributed by atoms with Gasteiger partial charge in [-0.1, -0.05) is 0 Å². The third-order valence-corrected chi connectivity index (χ3v) is 2.51. The van der Waals surface area contributed by atoms with Gasteiger partial charge < -0.3 is 14.9 Å². The number of methoxy groups -OCH3 is 1. The Labute approximate surface area is 92.9 Å². The monoisotopic (exact) mass is 219 g/mol. The lowest BCUT2D eigenvalue weighted by Gasteiger charge is -2.37. The minimum absolute atomic E-state index is 0.152. The zero-order chi connectivity index (χ0) is 12.1. The first-order valence-corrected chi connectivity index (χ1v) is 5.44. The zero-order valence-corrected chi connectivity index (χ0v) is 10.5. The van der Waals surface area contributed by atoms with E-state index in [9.17, 15) is 10.2 Å². The molecule has 0 radical (unpaired) electrons. The van der Waals surface area contributed by atoms with Crippen LogP contribution in [0.5, 0.6) is 0 Å². The van der Waals surface area contributed by atoms with Crippen molar-refractivity contribution in [3.05, 3.63) is 0 Å². The lowest BCUT2D eigenvalue weighted by molar-refractivity contribution is -0.0926. The zero-order valence-electron chi connectivity index (χ0n) is 10.5. The Bertz CT molecular complexity index is 165. The highest BCUT2D eigenvalue weighted by atomic mass is 16.5. The van der Waals surface area contributed by atoms with E-state index < -0.39 is 5.60 Å². The molecule has 15 heavy (non-hydrogen) atoms. The smallest absolute Gasteiger partial charge is 0.123 e. The predicted octanol–water partition coefficient (Wildman–Crippen LogP) is 0.475. The van der Waals surface area contributed by atoms with Crippen LogP contribution >= 0.6 is 0 Å². The summed E-state index contributed by atoms with van der Waals surface area (Å²) in [4.78, 5) is 2.13. The molecule has 0 aliphatic carbocycles. The molecule has 0 aliphatic heterocycles. The highest BCUT2D eigenvalue weighted by Gasteiger charge is 2.31. The van der Waals surface area contributed by atoms with E-state index >= 15 is 0 Å². The largest absolute Gasteiger partial charge is 0.393 e. The molecule has 1 unspecified atom stereocenters. The van der Waals surface area contributed by atoms with Gasteiger partial charge in [0.1, 0.15) is 5.60 Å². The highest BCUT2D eigenvalue weighted by Crippen LogP contribution is 2.13. The number of hydrogen-bond acceptors (Lipinski definition) is 4. The van der Waals surface area contributed by atoms with E-state index in [1.54, 1.807) is 0 Å². The molecule has 0 saturated carbocycles. The summed E-state index contributed by atoms with van der Waals surface area (Å²) in [7, 11) is 1.52. The first-order chi connectivity index (χ1) is 6.86. The Morgan fingerprint density at radius 3 is 1.93 bits per heavy atom. The quantitative estimate of drug-likeness (QED) is 0.654. The van der Waals surface area contributed by atoms with Crippen molar-refractivity contribution in [2.45, 2.75) is 45.4 Å². The predicted molar refractivity (Wildman–Crippen MR) is 60.9 cm³/mol. The highest BCUT2D eigenvalue weighted by molar-refractivity contribution is 4.84. The van der Waals surface area contributed by atoms with Crippen LogP contribution in [-0.2, 0) is 4.74 Å². The minimum Gasteiger partial charge on any atom is -0.393 e. The maximum atomic E-state index is 10.1. The molecule has 4 nitrogen and oxygen atoms in total. The first kappa shape index (κ1) is 14.8. The van der Waals surface area contributed by atoms with E-state index in [4.69, 9.17) is 4.74 Å². The summed E-state index contributed by atoms with van der Waals surface area (Å²) in [5.41, 5.74) is -1.16. The Morgan fingerprint density at radius 2 is 1.67 bits per heavy atom. The van der Waals surface area contributed by atoms with Crippen LogP contribution in [-0.4, -0.2) is 59.7 Å². The minimum atomic E-state index is -1.16. The van der Waals surface area contributed by atoms with Gasteiger partial charge in [-0.3, -0.25) is 4.90 Å². The van der Waals surface area contributed by atoms with E-state index in [2.05, 4.69) is 32.6 Å². The van der Waals surface area contributed by atoms with Gasteiger partial charge in [0.15, 0.2) is 0 Å². The molecular weight excluding hydrogens is 194 g/mol. The average molecular weight is 219 g/mol. The van der Waals surface area contributed by atoms with Gasteiger partial charge in [-0.25, -0.2) is 0 Å². The number of rotatable bonds is 7. The van der Waals surface area contributed by atoms with Crippen molar-refractivity contribution in [2.75, 3.05) is 26.9 Å². The second kappa shape index (κ2) is 6.43. The van der Waals surface area contributed by atoms with Gasteiger partial charge in [0.2, 0.25) is 0 Å². The Hall–Kier alpha value is -0.160. The fourth-order valence-corrected chi connectivity index (χ4v) is 1.71. The summed E-state index contributed by atoms with van der Waals surface area (Å²) >= 11 is 0. The molecule has 0 aromatic rings. The molecule has 0 saturated heterocycles. The van der Waals surface area contributed by atoms with Crippen LogP contribution in [0.25, 0.3) is 0 Å². The van der Waals surface area contributed by atoms with Gasteiger partial charge in [0.05, 0.1) is 13.2 Å². The Balaban J connectivity index is 4.47. The van der Waals surface area contributed by atoms with Crippen molar-refractivity contribution in [2.24, 2.45) is 0 Å². The second-order valence-electron chi connectivity index (χ2n) is 4.68. The van der Waals surface area contributed by atoms with Crippen LogP contribution in [0.2, 0.25) is 0 Å². The summed E-state index contributed by atoms with van der Waals surface area (Å²) < 4.78 is 4.92. The van der Waals surface area contributed by atoms with Gasteiger partial charge in [-0.05, 0) is 27.7 Å². The van der Waals surface area contributed by atoms with Crippen LogP contribution in [0.3, 0.4) is 0 Å². The summed E-state index contributed by atoms with van der Waals surface area (Å²) in [6, 6.07) is 0.667. The van der Waals surface area contributed by atoms with E-state index in [0.717, 1.165) is 0 Å². The van der Waals surface area contributed by atoms with Crippen LogP contribution in [0, 0.1) is 0 Å². The van der Waals surface area contributed by atoms with Crippen LogP contribution in [0.15, 0.2) is 0 Å². The topological polar surface area (TPSA) is 52.9 Å². The van der Waals surface area contributed by atoms with Crippen molar-refractivity contribution in [1.82, 2.24) is 4.90 Å². The van der Waals surface area contributed by atoms with Gasteiger partial charge in [0, 0.05) is 25.7 Å². The summed E-state index contributed by atoms with van der Waals surface area (Å²) in [6.07, 6.45) is 0. The molecule has 0 aromatic carbocycles. The van der Waals surface area contributed by atoms with Crippen LogP contribution in [0.4, 0.5) is 0 Å². The molecule has 0 aliphatic rings. The summed E-state index contributed by atoms with van der Waals surface area (Å²) in [5, 5.41) is 19.2. The van der Waals surface area contributed by atoms with E-state index in [-0.39, 0.29) is 13.2 Å². The van der Waals surface area contributed by atoms with Crippen LogP contribution in [0.1, 0.15) is 27.7 Å². The van der Waals surface area contributed by atoms with E-state index in [1.165, 1.54) is 7.11 Å². The SMILES string of the molecule is COCC(O)(CO)CN(C(C)C)C(C)C. The second-order valence-corrected chi connectivity index (χ2v) is 4.68. The molecule has 1 atom stereocenters. The fraction of sp³-hybridized carbons (Fsp3) is 1.00. The number of aliphatic hydroxyl groups excluding tert-OH is 1. The fourth-order valence-electron chi connectivity index (χ4n) is 1.71. The van der Waals surface area contributed by atoms with E-state index in [0.29, 0.717) is 18.6 Å². The molecule has 0 bridgehead atoms. The third kappa shape index (κ3) is 4.93. The maximum Gasteiger partial charge on any atom is 0.123 e.